The molecule has 1 fully saturated rings. The van der Waals surface area contributed by atoms with Gasteiger partial charge in [0, 0.05) is 6.61 Å². The molecule has 1 aliphatic heterocycles. The molecular formula is C13H17F2NO4S. The van der Waals surface area contributed by atoms with Crippen LogP contribution in [0.4, 0.5) is 8.78 Å². The van der Waals surface area contributed by atoms with Crippen LogP contribution in [0.15, 0.2) is 17.0 Å². The van der Waals surface area contributed by atoms with E-state index in [1.807, 2.05) is 0 Å². The molecule has 0 aromatic heterocycles. The number of sulfonamides is 1. The Hall–Kier alpha value is -1.25. The van der Waals surface area contributed by atoms with Crippen molar-refractivity contribution in [2.75, 3.05) is 13.2 Å². The second-order valence-corrected chi connectivity index (χ2v) is 6.45. The minimum atomic E-state index is -4.15. The minimum Gasteiger partial charge on any atom is -0.488 e. The quantitative estimate of drug-likeness (QED) is 0.812. The highest BCUT2D eigenvalue weighted by atomic mass is 32.2. The average Bonchev–Trinajstić information content (AvgIpc) is 2.88. The second kappa shape index (κ2) is 6.67. The SMILES string of the molecule is NS(=O)(=O)c1cc(F)c(OCCCC2CCCO2)c(F)c1. The summed E-state index contributed by atoms with van der Waals surface area (Å²) < 4.78 is 59.9. The largest absolute Gasteiger partial charge is 0.488 e. The van der Waals surface area contributed by atoms with Gasteiger partial charge in [-0.1, -0.05) is 0 Å². The molecule has 0 amide bonds. The smallest absolute Gasteiger partial charge is 0.238 e. The number of nitrogens with two attached hydrogens (primary N) is 1. The number of halogens is 2. The van der Waals surface area contributed by atoms with Gasteiger partial charge in [0.05, 0.1) is 17.6 Å². The van der Waals surface area contributed by atoms with Gasteiger partial charge in [-0.25, -0.2) is 22.3 Å². The maximum atomic E-state index is 13.7. The summed E-state index contributed by atoms with van der Waals surface area (Å²) in [6.07, 6.45) is 3.57. The number of hydrogen-bond donors (Lipinski definition) is 1. The van der Waals surface area contributed by atoms with Crippen molar-refractivity contribution in [2.24, 2.45) is 5.14 Å². The monoisotopic (exact) mass is 321 g/mol. The second-order valence-electron chi connectivity index (χ2n) is 4.89. The average molecular weight is 321 g/mol. The molecule has 21 heavy (non-hydrogen) atoms. The molecule has 118 valence electrons. The highest BCUT2D eigenvalue weighted by molar-refractivity contribution is 7.89. The van der Waals surface area contributed by atoms with E-state index in [0.29, 0.717) is 18.6 Å². The van der Waals surface area contributed by atoms with Gasteiger partial charge in [-0.05, 0) is 37.8 Å². The molecule has 2 N–H and O–H groups in total. The maximum absolute atomic E-state index is 13.7. The van der Waals surface area contributed by atoms with Crippen LogP contribution in [0.3, 0.4) is 0 Å². The molecule has 2 rings (SSSR count). The molecule has 1 heterocycles. The number of ether oxygens (including phenoxy) is 2. The lowest BCUT2D eigenvalue weighted by molar-refractivity contribution is 0.0977. The summed E-state index contributed by atoms with van der Waals surface area (Å²) >= 11 is 0. The molecular weight excluding hydrogens is 304 g/mol. The lowest BCUT2D eigenvalue weighted by atomic mass is 10.1. The Balaban J connectivity index is 1.93. The van der Waals surface area contributed by atoms with Gasteiger partial charge in [0.2, 0.25) is 10.0 Å². The summed E-state index contributed by atoms with van der Waals surface area (Å²) in [5.74, 6) is -2.76. The highest BCUT2D eigenvalue weighted by Crippen LogP contribution is 2.25. The fourth-order valence-electron chi connectivity index (χ4n) is 2.20. The lowest BCUT2D eigenvalue weighted by Gasteiger charge is -2.11. The molecule has 5 nitrogen and oxygen atoms in total. The molecule has 1 aromatic rings. The number of primary sulfonamides is 1. The van der Waals surface area contributed by atoms with Gasteiger partial charge in [0.1, 0.15) is 0 Å². The van der Waals surface area contributed by atoms with E-state index in [1.54, 1.807) is 0 Å². The maximum Gasteiger partial charge on any atom is 0.238 e. The fourth-order valence-corrected chi connectivity index (χ4v) is 2.73. The van der Waals surface area contributed by atoms with Crippen molar-refractivity contribution in [3.63, 3.8) is 0 Å². The van der Waals surface area contributed by atoms with Crippen molar-refractivity contribution in [2.45, 2.75) is 36.7 Å². The number of hydrogen-bond acceptors (Lipinski definition) is 4. The van der Waals surface area contributed by atoms with Crippen molar-refractivity contribution in [1.29, 1.82) is 0 Å². The van der Waals surface area contributed by atoms with Crippen LogP contribution in [0.1, 0.15) is 25.7 Å². The lowest BCUT2D eigenvalue weighted by Crippen LogP contribution is -2.14. The van der Waals surface area contributed by atoms with Crippen LogP contribution >= 0.6 is 0 Å². The Morgan fingerprint density at radius 3 is 2.52 bits per heavy atom. The van der Waals surface area contributed by atoms with E-state index in [1.165, 1.54) is 0 Å². The van der Waals surface area contributed by atoms with E-state index in [-0.39, 0.29) is 12.7 Å². The summed E-state index contributed by atoms with van der Waals surface area (Å²) in [4.78, 5) is -0.621. The van der Waals surface area contributed by atoms with Crippen molar-refractivity contribution in [1.82, 2.24) is 0 Å². The first-order valence-electron chi connectivity index (χ1n) is 6.64. The minimum absolute atomic E-state index is 0.127. The normalized spacial score (nSPS) is 18.9. The summed E-state index contributed by atoms with van der Waals surface area (Å²) in [6.45, 7) is 0.881. The van der Waals surface area contributed by atoms with Crippen LogP contribution in [0, 0.1) is 11.6 Å². The third-order valence-corrected chi connectivity index (χ3v) is 4.13. The Kier molecular flexibility index (Phi) is 5.13. The Morgan fingerprint density at radius 2 is 2.00 bits per heavy atom. The van der Waals surface area contributed by atoms with Crippen LogP contribution in [0.2, 0.25) is 0 Å². The third-order valence-electron chi connectivity index (χ3n) is 3.24. The standard InChI is InChI=1S/C13H17F2NO4S/c14-11-7-10(21(16,17)18)8-12(15)13(11)20-6-2-4-9-3-1-5-19-9/h7-9H,1-6H2,(H2,16,17,18). The predicted octanol–water partition coefficient (Wildman–Crippen LogP) is 1.95. The van der Waals surface area contributed by atoms with Gasteiger partial charge in [0.15, 0.2) is 17.4 Å². The zero-order valence-electron chi connectivity index (χ0n) is 11.3. The van der Waals surface area contributed by atoms with E-state index < -0.39 is 32.3 Å². The van der Waals surface area contributed by atoms with Crippen LogP contribution in [0.25, 0.3) is 0 Å². The molecule has 1 unspecified atom stereocenters. The van der Waals surface area contributed by atoms with Crippen molar-refractivity contribution >= 4 is 10.0 Å². The van der Waals surface area contributed by atoms with Crippen LogP contribution in [-0.4, -0.2) is 27.7 Å². The first-order chi connectivity index (χ1) is 9.88. The van der Waals surface area contributed by atoms with Crippen molar-refractivity contribution in [3.05, 3.63) is 23.8 Å². The molecule has 0 aliphatic carbocycles. The third kappa shape index (κ3) is 4.36. The van der Waals surface area contributed by atoms with Crippen LogP contribution in [-0.2, 0) is 14.8 Å². The first-order valence-corrected chi connectivity index (χ1v) is 8.19. The zero-order chi connectivity index (χ0) is 15.5. The van der Waals surface area contributed by atoms with Crippen molar-refractivity contribution in [3.8, 4) is 5.75 Å². The van der Waals surface area contributed by atoms with Crippen LogP contribution < -0.4 is 9.88 Å². The summed E-state index contributed by atoms with van der Waals surface area (Å²) in [5, 5.41) is 4.82. The molecule has 8 heteroatoms. The van der Waals surface area contributed by atoms with Gasteiger partial charge >= 0.3 is 0 Å². The van der Waals surface area contributed by atoms with Gasteiger partial charge < -0.3 is 9.47 Å². The molecule has 0 bridgehead atoms. The molecule has 1 aliphatic rings. The topological polar surface area (TPSA) is 78.6 Å². The van der Waals surface area contributed by atoms with E-state index in [4.69, 9.17) is 14.6 Å². The van der Waals surface area contributed by atoms with E-state index in [9.17, 15) is 17.2 Å². The first kappa shape index (κ1) is 16.1. The van der Waals surface area contributed by atoms with E-state index >= 15 is 0 Å². The Labute approximate surface area is 122 Å². The van der Waals surface area contributed by atoms with Gasteiger partial charge in [-0.2, -0.15) is 0 Å². The fraction of sp³-hybridized carbons (Fsp3) is 0.538. The predicted molar refractivity (Wildman–Crippen MR) is 71.4 cm³/mol. The van der Waals surface area contributed by atoms with Gasteiger partial charge in [-0.15, -0.1) is 0 Å². The van der Waals surface area contributed by atoms with Crippen LogP contribution in [0.5, 0.6) is 5.75 Å². The Bertz CT molecular complexity index is 577. The van der Waals surface area contributed by atoms with Gasteiger partial charge in [-0.3, -0.25) is 0 Å². The molecule has 1 aromatic carbocycles. The van der Waals surface area contributed by atoms with Gasteiger partial charge in [0.25, 0.3) is 0 Å². The molecule has 1 saturated heterocycles. The van der Waals surface area contributed by atoms with E-state index in [2.05, 4.69) is 0 Å². The molecule has 1 atom stereocenters. The summed E-state index contributed by atoms with van der Waals surface area (Å²) in [6, 6.07) is 1.29. The number of rotatable bonds is 6. The Morgan fingerprint density at radius 1 is 1.33 bits per heavy atom. The summed E-state index contributed by atoms with van der Waals surface area (Å²) in [5.41, 5.74) is 0. The molecule has 0 radical (unpaired) electrons. The molecule has 0 saturated carbocycles. The summed E-state index contributed by atoms with van der Waals surface area (Å²) in [7, 11) is -4.15. The highest BCUT2D eigenvalue weighted by Gasteiger charge is 2.19. The van der Waals surface area contributed by atoms with Crippen molar-refractivity contribution < 1.29 is 26.7 Å². The van der Waals surface area contributed by atoms with E-state index in [0.717, 1.165) is 25.9 Å². The number of benzene rings is 1. The molecule has 0 spiro atoms. The zero-order valence-corrected chi connectivity index (χ0v) is 12.2.